The van der Waals surface area contributed by atoms with Gasteiger partial charge < -0.3 is 15.0 Å². The monoisotopic (exact) mass is 243 g/mol. The number of hydrogen-bond donors (Lipinski definition) is 1. The standard InChI is InChI=1S/C12H25N3O2/c1-5-13-11(12(16)17-4)9-15-7-6-14(3)10(2)8-15/h10-11,13H,5-9H2,1-4H3. The molecule has 1 aliphatic heterocycles. The van der Waals surface area contributed by atoms with Gasteiger partial charge in [0, 0.05) is 32.2 Å². The van der Waals surface area contributed by atoms with E-state index in [2.05, 4.69) is 29.1 Å². The van der Waals surface area contributed by atoms with Crippen LogP contribution < -0.4 is 5.32 Å². The lowest BCUT2D eigenvalue weighted by atomic mass is 10.1. The molecule has 2 unspecified atom stereocenters. The zero-order valence-corrected chi connectivity index (χ0v) is 11.4. The second-order valence-corrected chi connectivity index (χ2v) is 4.72. The van der Waals surface area contributed by atoms with E-state index < -0.39 is 0 Å². The molecule has 1 fully saturated rings. The highest BCUT2D eigenvalue weighted by molar-refractivity contribution is 5.75. The van der Waals surface area contributed by atoms with E-state index in [0.717, 1.165) is 32.7 Å². The Morgan fingerprint density at radius 3 is 2.76 bits per heavy atom. The summed E-state index contributed by atoms with van der Waals surface area (Å²) in [6, 6.07) is 0.337. The summed E-state index contributed by atoms with van der Waals surface area (Å²) in [5.41, 5.74) is 0. The van der Waals surface area contributed by atoms with Gasteiger partial charge in [-0.2, -0.15) is 0 Å². The molecule has 2 atom stereocenters. The Bertz CT molecular complexity index is 248. The number of nitrogens with zero attached hydrogens (tertiary/aromatic N) is 2. The Morgan fingerprint density at radius 2 is 2.24 bits per heavy atom. The number of methoxy groups -OCH3 is 1. The molecule has 0 amide bonds. The second kappa shape index (κ2) is 6.93. The molecular weight excluding hydrogens is 218 g/mol. The highest BCUT2D eigenvalue weighted by Gasteiger charge is 2.26. The van der Waals surface area contributed by atoms with Gasteiger partial charge in [0.05, 0.1) is 7.11 Å². The lowest BCUT2D eigenvalue weighted by Crippen LogP contribution is -2.55. The Morgan fingerprint density at radius 1 is 1.53 bits per heavy atom. The molecule has 1 heterocycles. The van der Waals surface area contributed by atoms with E-state index in [-0.39, 0.29) is 12.0 Å². The van der Waals surface area contributed by atoms with Gasteiger partial charge in [-0.3, -0.25) is 9.69 Å². The van der Waals surface area contributed by atoms with Crippen molar-refractivity contribution in [3.63, 3.8) is 0 Å². The minimum absolute atomic E-state index is 0.168. The maximum Gasteiger partial charge on any atom is 0.324 e. The molecule has 1 rings (SSSR count). The topological polar surface area (TPSA) is 44.8 Å². The smallest absolute Gasteiger partial charge is 0.324 e. The number of likely N-dealkylation sites (N-methyl/N-ethyl adjacent to an activating group) is 2. The quantitative estimate of drug-likeness (QED) is 0.676. The number of piperazine rings is 1. The molecule has 1 N–H and O–H groups in total. The van der Waals surface area contributed by atoms with Crippen LogP contribution in [0.25, 0.3) is 0 Å². The molecule has 17 heavy (non-hydrogen) atoms. The van der Waals surface area contributed by atoms with Crippen molar-refractivity contribution in [2.45, 2.75) is 25.9 Å². The van der Waals surface area contributed by atoms with Crippen LogP contribution in [0.2, 0.25) is 0 Å². The number of hydrogen-bond acceptors (Lipinski definition) is 5. The summed E-state index contributed by atoms with van der Waals surface area (Å²) >= 11 is 0. The first-order valence-corrected chi connectivity index (χ1v) is 6.32. The fraction of sp³-hybridized carbons (Fsp3) is 0.917. The van der Waals surface area contributed by atoms with Crippen LogP contribution in [0.5, 0.6) is 0 Å². The average Bonchev–Trinajstić information content (AvgIpc) is 2.32. The molecule has 5 nitrogen and oxygen atoms in total. The maximum absolute atomic E-state index is 11.6. The summed E-state index contributed by atoms with van der Waals surface area (Å²) in [6.45, 7) is 8.81. The number of esters is 1. The third-order valence-electron chi connectivity index (χ3n) is 3.42. The molecule has 1 saturated heterocycles. The molecule has 0 aromatic heterocycles. The van der Waals surface area contributed by atoms with Crippen molar-refractivity contribution in [2.75, 3.05) is 46.9 Å². The summed E-state index contributed by atoms with van der Waals surface area (Å²) in [7, 11) is 3.59. The lowest BCUT2D eigenvalue weighted by Gasteiger charge is -2.38. The molecular formula is C12H25N3O2. The van der Waals surface area contributed by atoms with Crippen LogP contribution in [-0.4, -0.2) is 74.7 Å². The fourth-order valence-electron chi connectivity index (χ4n) is 2.16. The summed E-state index contributed by atoms with van der Waals surface area (Å²) in [5, 5.41) is 3.18. The zero-order chi connectivity index (χ0) is 12.8. The van der Waals surface area contributed by atoms with E-state index >= 15 is 0 Å². The Hall–Kier alpha value is -0.650. The van der Waals surface area contributed by atoms with E-state index in [4.69, 9.17) is 4.74 Å². The molecule has 0 aromatic carbocycles. The largest absolute Gasteiger partial charge is 0.468 e. The maximum atomic E-state index is 11.6. The van der Waals surface area contributed by atoms with Gasteiger partial charge in [-0.25, -0.2) is 0 Å². The third kappa shape index (κ3) is 4.26. The van der Waals surface area contributed by atoms with Crippen LogP contribution in [0.4, 0.5) is 0 Å². The minimum Gasteiger partial charge on any atom is -0.468 e. The van der Waals surface area contributed by atoms with Crippen molar-refractivity contribution < 1.29 is 9.53 Å². The molecule has 0 radical (unpaired) electrons. The summed E-state index contributed by atoms with van der Waals surface area (Å²) in [6.07, 6.45) is 0. The van der Waals surface area contributed by atoms with Gasteiger partial charge in [0.15, 0.2) is 0 Å². The van der Waals surface area contributed by atoms with Crippen molar-refractivity contribution >= 4 is 5.97 Å². The van der Waals surface area contributed by atoms with Crippen molar-refractivity contribution in [1.82, 2.24) is 15.1 Å². The normalized spacial score (nSPS) is 24.6. The van der Waals surface area contributed by atoms with Crippen LogP contribution >= 0.6 is 0 Å². The second-order valence-electron chi connectivity index (χ2n) is 4.72. The Kier molecular flexibility index (Phi) is 5.88. The minimum atomic E-state index is -0.208. The van der Waals surface area contributed by atoms with Crippen LogP contribution in [-0.2, 0) is 9.53 Å². The third-order valence-corrected chi connectivity index (χ3v) is 3.42. The first-order valence-electron chi connectivity index (χ1n) is 6.32. The van der Waals surface area contributed by atoms with Gasteiger partial charge in [-0.15, -0.1) is 0 Å². The van der Waals surface area contributed by atoms with Gasteiger partial charge in [-0.1, -0.05) is 6.92 Å². The number of nitrogens with one attached hydrogen (secondary N) is 1. The van der Waals surface area contributed by atoms with E-state index in [1.54, 1.807) is 0 Å². The molecule has 0 bridgehead atoms. The molecule has 0 aliphatic carbocycles. The van der Waals surface area contributed by atoms with Crippen molar-refractivity contribution in [3.8, 4) is 0 Å². The number of carbonyl (C=O) groups excluding carboxylic acids is 1. The first kappa shape index (κ1) is 14.4. The number of rotatable bonds is 5. The van der Waals surface area contributed by atoms with E-state index in [0.29, 0.717) is 6.04 Å². The number of ether oxygens (including phenoxy) is 1. The molecule has 5 heteroatoms. The Labute approximate surface area is 104 Å². The van der Waals surface area contributed by atoms with Crippen molar-refractivity contribution in [2.24, 2.45) is 0 Å². The zero-order valence-electron chi connectivity index (χ0n) is 11.4. The highest BCUT2D eigenvalue weighted by Crippen LogP contribution is 2.07. The summed E-state index contributed by atoms with van der Waals surface area (Å²) < 4.78 is 4.82. The first-order chi connectivity index (χ1) is 8.08. The van der Waals surface area contributed by atoms with Crippen LogP contribution in [0.1, 0.15) is 13.8 Å². The molecule has 100 valence electrons. The van der Waals surface area contributed by atoms with E-state index in [9.17, 15) is 4.79 Å². The van der Waals surface area contributed by atoms with Gasteiger partial charge in [0.25, 0.3) is 0 Å². The Balaban J connectivity index is 2.47. The fourth-order valence-corrected chi connectivity index (χ4v) is 2.16. The molecule has 0 saturated carbocycles. The molecule has 1 aliphatic rings. The summed E-state index contributed by atoms with van der Waals surface area (Å²) in [5.74, 6) is -0.168. The SMILES string of the molecule is CCNC(CN1CCN(C)C(C)C1)C(=O)OC. The molecule has 0 spiro atoms. The van der Waals surface area contributed by atoms with E-state index in [1.807, 2.05) is 6.92 Å². The van der Waals surface area contributed by atoms with Crippen LogP contribution in [0.3, 0.4) is 0 Å². The van der Waals surface area contributed by atoms with Gasteiger partial charge in [0.1, 0.15) is 6.04 Å². The van der Waals surface area contributed by atoms with Crippen LogP contribution in [0.15, 0.2) is 0 Å². The average molecular weight is 243 g/mol. The summed E-state index contributed by atoms with van der Waals surface area (Å²) in [4.78, 5) is 16.3. The van der Waals surface area contributed by atoms with Gasteiger partial charge in [-0.05, 0) is 20.5 Å². The van der Waals surface area contributed by atoms with Crippen LogP contribution in [0, 0.1) is 0 Å². The van der Waals surface area contributed by atoms with Crippen molar-refractivity contribution in [3.05, 3.63) is 0 Å². The predicted molar refractivity (Wildman–Crippen MR) is 68.0 cm³/mol. The highest BCUT2D eigenvalue weighted by atomic mass is 16.5. The van der Waals surface area contributed by atoms with Crippen molar-refractivity contribution in [1.29, 1.82) is 0 Å². The number of carbonyl (C=O) groups is 1. The van der Waals surface area contributed by atoms with Gasteiger partial charge >= 0.3 is 5.97 Å². The predicted octanol–water partition coefficient (Wildman–Crippen LogP) is -0.227. The van der Waals surface area contributed by atoms with Gasteiger partial charge in [0.2, 0.25) is 0 Å². The van der Waals surface area contributed by atoms with E-state index in [1.165, 1.54) is 7.11 Å². The lowest BCUT2D eigenvalue weighted by molar-refractivity contribution is -0.143. The molecule has 0 aromatic rings.